The van der Waals surface area contributed by atoms with Gasteiger partial charge in [0.15, 0.2) is 3.92 Å². The first-order chi connectivity index (χ1) is 11.2. The Balaban J connectivity index is 1.39. The minimum Gasteiger partial charge on any atom is -0.338 e. The van der Waals surface area contributed by atoms with E-state index in [9.17, 15) is 4.79 Å². The van der Waals surface area contributed by atoms with Crippen LogP contribution in [-0.4, -0.2) is 52.9 Å². The maximum absolute atomic E-state index is 12.9. The van der Waals surface area contributed by atoms with Gasteiger partial charge in [0.25, 0.3) is 5.91 Å². The van der Waals surface area contributed by atoms with Crippen molar-refractivity contribution in [1.82, 2.24) is 14.8 Å². The lowest BCUT2D eigenvalue weighted by atomic mass is 9.99. The number of nitrogens with zero attached hydrogens (tertiary/aromatic N) is 3. The molecule has 4 rings (SSSR count). The number of thiazole rings is 1. The first kappa shape index (κ1) is 16.0. The van der Waals surface area contributed by atoms with Crippen LogP contribution < -0.4 is 0 Å². The molecule has 1 aliphatic carbocycles. The molecule has 0 radical (unpaired) electrons. The smallest absolute Gasteiger partial charge is 0.265 e. The van der Waals surface area contributed by atoms with Crippen LogP contribution in [-0.2, 0) is 0 Å². The van der Waals surface area contributed by atoms with Gasteiger partial charge in [-0.15, -0.1) is 11.3 Å². The number of likely N-dealkylation sites (tertiary alicyclic amines) is 2. The number of rotatable bonds is 3. The predicted octanol–water partition coefficient (Wildman–Crippen LogP) is 3.87. The molecule has 6 heteroatoms. The van der Waals surface area contributed by atoms with Gasteiger partial charge in [0.05, 0.1) is 5.69 Å². The number of hydrogen-bond acceptors (Lipinski definition) is 4. The van der Waals surface area contributed by atoms with Crippen molar-refractivity contribution in [2.24, 2.45) is 0 Å². The third-order valence-electron chi connectivity index (χ3n) is 5.44. The van der Waals surface area contributed by atoms with Gasteiger partial charge in [-0.05, 0) is 67.5 Å². The molecule has 0 spiro atoms. The minimum atomic E-state index is 0.215. The van der Waals surface area contributed by atoms with E-state index in [2.05, 4.69) is 30.7 Å². The summed E-state index contributed by atoms with van der Waals surface area (Å²) in [5, 5.41) is 0. The first-order valence-corrected chi connectivity index (χ1v) is 10.5. The summed E-state index contributed by atoms with van der Waals surface area (Å²) in [6.07, 6.45) is 8.71. The molecule has 0 bridgehead atoms. The number of piperidine rings is 2. The third-order valence-corrected chi connectivity index (χ3v) is 6.95. The minimum absolute atomic E-state index is 0.215. The summed E-state index contributed by atoms with van der Waals surface area (Å²) < 4.78 is 0.853. The topological polar surface area (TPSA) is 36.4 Å². The highest BCUT2D eigenvalue weighted by Crippen LogP contribution is 2.44. The largest absolute Gasteiger partial charge is 0.338 e. The Bertz CT molecular complexity index is 572. The monoisotopic (exact) mass is 397 g/mol. The molecule has 0 aromatic carbocycles. The van der Waals surface area contributed by atoms with Crippen molar-refractivity contribution in [1.29, 1.82) is 0 Å². The molecular weight excluding hydrogens is 374 g/mol. The molecule has 1 aromatic rings. The molecule has 23 heavy (non-hydrogen) atoms. The van der Waals surface area contributed by atoms with Crippen molar-refractivity contribution in [3.05, 3.63) is 14.5 Å². The second kappa shape index (κ2) is 6.81. The molecule has 2 saturated heterocycles. The van der Waals surface area contributed by atoms with E-state index >= 15 is 0 Å². The molecule has 4 nitrogen and oxygen atoms in total. The lowest BCUT2D eigenvalue weighted by molar-refractivity contribution is 0.0593. The maximum atomic E-state index is 12.9. The summed E-state index contributed by atoms with van der Waals surface area (Å²) in [5.41, 5.74) is 1.05. The Hall–Kier alpha value is -0.460. The standard InChI is InChI=1S/C17H24BrN3OS/c18-17-19-14(12-4-5-12)15(23-17)16(22)21-10-6-13(7-11-21)20-8-2-1-3-9-20/h12-13H,1-11H2. The Morgan fingerprint density at radius 1 is 1.04 bits per heavy atom. The predicted molar refractivity (Wildman–Crippen MR) is 96.1 cm³/mol. The Labute approximate surface area is 150 Å². The second-order valence-corrected chi connectivity index (χ2v) is 9.35. The van der Waals surface area contributed by atoms with Gasteiger partial charge in [-0.1, -0.05) is 6.42 Å². The Morgan fingerprint density at radius 3 is 2.39 bits per heavy atom. The van der Waals surface area contributed by atoms with Crippen molar-refractivity contribution >= 4 is 33.2 Å². The van der Waals surface area contributed by atoms with Crippen LogP contribution in [0, 0.1) is 0 Å². The molecule has 3 heterocycles. The number of aromatic nitrogens is 1. The highest BCUT2D eigenvalue weighted by atomic mass is 79.9. The molecular formula is C17H24BrN3OS. The van der Waals surface area contributed by atoms with Gasteiger partial charge in [0, 0.05) is 25.0 Å². The molecule has 3 aliphatic rings. The van der Waals surface area contributed by atoms with Gasteiger partial charge in [0.1, 0.15) is 4.88 Å². The van der Waals surface area contributed by atoms with Gasteiger partial charge in [0.2, 0.25) is 0 Å². The number of amides is 1. The van der Waals surface area contributed by atoms with Crippen LogP contribution >= 0.6 is 27.3 Å². The highest BCUT2D eigenvalue weighted by molar-refractivity contribution is 9.11. The van der Waals surface area contributed by atoms with Crippen molar-refractivity contribution in [2.75, 3.05) is 26.2 Å². The summed E-state index contributed by atoms with van der Waals surface area (Å²) in [4.78, 5) is 23.1. The zero-order valence-corrected chi connectivity index (χ0v) is 15.9. The van der Waals surface area contributed by atoms with E-state index in [0.29, 0.717) is 12.0 Å². The van der Waals surface area contributed by atoms with E-state index in [-0.39, 0.29) is 5.91 Å². The zero-order chi connectivity index (χ0) is 15.8. The van der Waals surface area contributed by atoms with Crippen molar-refractivity contribution in [2.45, 2.75) is 56.9 Å². The normalized spacial score (nSPS) is 24.1. The fourth-order valence-corrected chi connectivity index (χ4v) is 5.48. The average Bonchev–Trinajstić information content (AvgIpc) is 3.37. The lowest BCUT2D eigenvalue weighted by Crippen LogP contribution is -2.48. The van der Waals surface area contributed by atoms with E-state index in [4.69, 9.17) is 0 Å². The molecule has 0 N–H and O–H groups in total. The lowest BCUT2D eigenvalue weighted by Gasteiger charge is -2.40. The van der Waals surface area contributed by atoms with Crippen molar-refractivity contribution < 1.29 is 4.79 Å². The van der Waals surface area contributed by atoms with E-state index in [0.717, 1.165) is 40.4 Å². The van der Waals surface area contributed by atoms with Crippen molar-refractivity contribution in [3.63, 3.8) is 0 Å². The number of carbonyl (C=O) groups excluding carboxylic acids is 1. The van der Waals surface area contributed by atoms with Crippen molar-refractivity contribution in [3.8, 4) is 0 Å². The van der Waals surface area contributed by atoms with Crippen LogP contribution in [0.3, 0.4) is 0 Å². The second-order valence-electron chi connectivity index (χ2n) is 7.08. The quantitative estimate of drug-likeness (QED) is 0.776. The molecule has 1 saturated carbocycles. The van der Waals surface area contributed by atoms with Crippen LogP contribution in [0.15, 0.2) is 3.92 Å². The summed E-state index contributed by atoms with van der Waals surface area (Å²) in [6, 6.07) is 0.690. The molecule has 2 aliphatic heterocycles. The van der Waals surface area contributed by atoms with E-state index < -0.39 is 0 Å². The number of carbonyl (C=O) groups is 1. The number of halogens is 1. The molecule has 1 aromatic heterocycles. The van der Waals surface area contributed by atoms with E-state index in [1.807, 2.05) is 0 Å². The van der Waals surface area contributed by atoms with Gasteiger partial charge in [-0.3, -0.25) is 4.79 Å². The van der Waals surface area contributed by atoms with Crippen LogP contribution in [0.4, 0.5) is 0 Å². The molecule has 0 unspecified atom stereocenters. The summed E-state index contributed by atoms with van der Waals surface area (Å²) in [7, 11) is 0. The van der Waals surface area contributed by atoms with Crippen LogP contribution in [0.25, 0.3) is 0 Å². The fraction of sp³-hybridized carbons (Fsp3) is 0.765. The van der Waals surface area contributed by atoms with Gasteiger partial charge >= 0.3 is 0 Å². The summed E-state index contributed by atoms with van der Waals surface area (Å²) in [5.74, 6) is 0.745. The van der Waals surface area contributed by atoms with Gasteiger partial charge < -0.3 is 9.80 Å². The SMILES string of the molecule is O=C(c1sc(Br)nc1C1CC1)N1CCC(N2CCCCC2)CC1. The molecule has 126 valence electrons. The van der Waals surface area contributed by atoms with Crippen LogP contribution in [0.1, 0.15) is 66.2 Å². The third kappa shape index (κ3) is 3.49. The summed E-state index contributed by atoms with van der Waals surface area (Å²) in [6.45, 7) is 4.32. The molecule has 0 atom stereocenters. The fourth-order valence-electron chi connectivity index (χ4n) is 3.95. The van der Waals surface area contributed by atoms with Crippen LogP contribution in [0.2, 0.25) is 0 Å². The molecule has 3 fully saturated rings. The Kier molecular flexibility index (Phi) is 4.74. The maximum Gasteiger partial charge on any atom is 0.265 e. The Morgan fingerprint density at radius 2 is 1.74 bits per heavy atom. The van der Waals surface area contributed by atoms with E-state index in [1.54, 1.807) is 0 Å². The van der Waals surface area contributed by atoms with E-state index in [1.165, 1.54) is 56.5 Å². The average molecular weight is 398 g/mol. The van der Waals surface area contributed by atoms with Crippen LogP contribution in [0.5, 0.6) is 0 Å². The van der Waals surface area contributed by atoms with Gasteiger partial charge in [-0.2, -0.15) is 0 Å². The summed E-state index contributed by atoms with van der Waals surface area (Å²) >= 11 is 4.98. The van der Waals surface area contributed by atoms with Gasteiger partial charge in [-0.25, -0.2) is 4.98 Å². The zero-order valence-electron chi connectivity index (χ0n) is 13.5. The first-order valence-electron chi connectivity index (χ1n) is 8.92. The highest BCUT2D eigenvalue weighted by Gasteiger charge is 2.35. The molecule has 1 amide bonds. The number of hydrogen-bond donors (Lipinski definition) is 0.